The number of piperazine rings is 1. The molecule has 0 aliphatic carbocycles. The molecule has 1 aromatic rings. The SMILES string of the molecule is CN1CCN(CCCNC(=O)[C@H](N)c2ccccc2)CC1. The van der Waals surface area contributed by atoms with E-state index in [1.807, 2.05) is 30.3 Å². The number of benzene rings is 1. The largest absolute Gasteiger partial charge is 0.354 e. The molecule has 5 heteroatoms. The summed E-state index contributed by atoms with van der Waals surface area (Å²) in [6.07, 6.45) is 0.969. The molecule has 1 amide bonds. The molecule has 1 heterocycles. The van der Waals surface area contributed by atoms with Crippen LogP contribution in [0.2, 0.25) is 0 Å². The zero-order valence-corrected chi connectivity index (χ0v) is 12.8. The van der Waals surface area contributed by atoms with Crippen molar-refractivity contribution in [2.45, 2.75) is 12.5 Å². The van der Waals surface area contributed by atoms with E-state index in [1.54, 1.807) is 0 Å². The first-order valence-electron chi connectivity index (χ1n) is 7.66. The summed E-state index contributed by atoms with van der Waals surface area (Å²) in [5, 5.41) is 2.93. The van der Waals surface area contributed by atoms with Gasteiger partial charge in [-0.25, -0.2) is 0 Å². The summed E-state index contributed by atoms with van der Waals surface area (Å²) >= 11 is 0. The number of nitrogens with one attached hydrogen (secondary N) is 1. The lowest BCUT2D eigenvalue weighted by Crippen LogP contribution is -2.45. The summed E-state index contributed by atoms with van der Waals surface area (Å²) in [7, 11) is 2.16. The quantitative estimate of drug-likeness (QED) is 0.746. The minimum Gasteiger partial charge on any atom is -0.354 e. The molecule has 3 N–H and O–H groups in total. The van der Waals surface area contributed by atoms with Gasteiger partial charge in [0.2, 0.25) is 5.91 Å². The second-order valence-corrected chi connectivity index (χ2v) is 5.68. The van der Waals surface area contributed by atoms with E-state index in [0.717, 1.165) is 44.7 Å². The molecular weight excluding hydrogens is 264 g/mol. The fourth-order valence-corrected chi connectivity index (χ4v) is 2.51. The minimum absolute atomic E-state index is 0.0976. The van der Waals surface area contributed by atoms with Crippen molar-refractivity contribution in [3.63, 3.8) is 0 Å². The molecule has 2 rings (SSSR count). The van der Waals surface area contributed by atoms with Gasteiger partial charge < -0.3 is 20.9 Å². The van der Waals surface area contributed by atoms with E-state index in [0.29, 0.717) is 6.54 Å². The predicted octanol–water partition coefficient (Wildman–Crippen LogP) is 0.440. The normalized spacial score (nSPS) is 18.4. The van der Waals surface area contributed by atoms with E-state index in [-0.39, 0.29) is 5.91 Å². The van der Waals surface area contributed by atoms with Gasteiger partial charge in [0.05, 0.1) is 0 Å². The molecule has 1 aliphatic rings. The first kappa shape index (κ1) is 15.9. The highest BCUT2D eigenvalue weighted by atomic mass is 16.2. The topological polar surface area (TPSA) is 61.6 Å². The third-order valence-corrected chi connectivity index (χ3v) is 3.99. The second-order valence-electron chi connectivity index (χ2n) is 5.68. The number of carbonyl (C=O) groups is 1. The zero-order valence-electron chi connectivity index (χ0n) is 12.8. The number of hydrogen-bond acceptors (Lipinski definition) is 4. The van der Waals surface area contributed by atoms with Crippen LogP contribution in [0.4, 0.5) is 0 Å². The van der Waals surface area contributed by atoms with Crippen LogP contribution >= 0.6 is 0 Å². The zero-order chi connectivity index (χ0) is 15.1. The van der Waals surface area contributed by atoms with E-state index >= 15 is 0 Å². The number of amides is 1. The Morgan fingerprint density at radius 3 is 2.57 bits per heavy atom. The van der Waals surface area contributed by atoms with Gasteiger partial charge in [-0.2, -0.15) is 0 Å². The summed E-state index contributed by atoms with van der Waals surface area (Å²) in [5.74, 6) is -0.0976. The molecule has 0 radical (unpaired) electrons. The molecule has 0 spiro atoms. The molecular formula is C16H26N4O. The summed E-state index contributed by atoms with van der Waals surface area (Å²) in [6, 6.07) is 8.91. The van der Waals surface area contributed by atoms with E-state index in [2.05, 4.69) is 22.2 Å². The van der Waals surface area contributed by atoms with Crippen LogP contribution in [0.1, 0.15) is 18.0 Å². The van der Waals surface area contributed by atoms with Crippen LogP contribution in [0.3, 0.4) is 0 Å². The molecule has 5 nitrogen and oxygen atoms in total. The molecule has 21 heavy (non-hydrogen) atoms. The molecule has 0 saturated carbocycles. The Bertz CT molecular complexity index is 429. The number of nitrogens with two attached hydrogens (primary N) is 1. The lowest BCUT2D eigenvalue weighted by molar-refractivity contribution is -0.122. The molecule has 1 saturated heterocycles. The summed E-state index contributed by atoms with van der Waals surface area (Å²) in [4.78, 5) is 16.8. The number of likely N-dealkylation sites (N-methyl/N-ethyl adjacent to an activating group) is 1. The van der Waals surface area contributed by atoms with Gasteiger partial charge >= 0.3 is 0 Å². The minimum atomic E-state index is -0.574. The van der Waals surface area contributed by atoms with Crippen molar-refractivity contribution in [2.24, 2.45) is 5.73 Å². The van der Waals surface area contributed by atoms with Crippen molar-refractivity contribution in [3.8, 4) is 0 Å². The maximum absolute atomic E-state index is 12.0. The average molecular weight is 290 g/mol. The Labute approximate surface area is 127 Å². The van der Waals surface area contributed by atoms with Gasteiger partial charge in [-0.3, -0.25) is 4.79 Å². The van der Waals surface area contributed by atoms with Crippen molar-refractivity contribution in [1.82, 2.24) is 15.1 Å². The highest BCUT2D eigenvalue weighted by Gasteiger charge is 2.15. The van der Waals surface area contributed by atoms with Crippen LogP contribution in [-0.4, -0.2) is 62.0 Å². The summed E-state index contributed by atoms with van der Waals surface area (Å²) in [6.45, 7) is 6.22. The highest BCUT2D eigenvalue weighted by molar-refractivity contribution is 5.82. The van der Waals surface area contributed by atoms with Crippen LogP contribution < -0.4 is 11.1 Å². The van der Waals surface area contributed by atoms with Crippen molar-refractivity contribution in [2.75, 3.05) is 46.3 Å². The van der Waals surface area contributed by atoms with Crippen molar-refractivity contribution in [1.29, 1.82) is 0 Å². The fourth-order valence-electron chi connectivity index (χ4n) is 2.51. The number of rotatable bonds is 6. The van der Waals surface area contributed by atoms with Gasteiger partial charge in [-0.05, 0) is 25.6 Å². The Morgan fingerprint density at radius 2 is 1.90 bits per heavy atom. The molecule has 0 bridgehead atoms. The van der Waals surface area contributed by atoms with Crippen molar-refractivity contribution in [3.05, 3.63) is 35.9 Å². The molecule has 1 fully saturated rings. The van der Waals surface area contributed by atoms with E-state index < -0.39 is 6.04 Å². The average Bonchev–Trinajstić information content (AvgIpc) is 2.53. The Balaban J connectivity index is 1.63. The van der Waals surface area contributed by atoms with Gasteiger partial charge in [0, 0.05) is 32.7 Å². The Morgan fingerprint density at radius 1 is 1.24 bits per heavy atom. The molecule has 0 aromatic heterocycles. The van der Waals surface area contributed by atoms with Crippen molar-refractivity contribution >= 4 is 5.91 Å². The van der Waals surface area contributed by atoms with Gasteiger partial charge in [0.1, 0.15) is 6.04 Å². The summed E-state index contributed by atoms with van der Waals surface area (Å²) < 4.78 is 0. The summed E-state index contributed by atoms with van der Waals surface area (Å²) in [5.41, 5.74) is 6.81. The monoisotopic (exact) mass is 290 g/mol. The first-order chi connectivity index (χ1) is 10.2. The van der Waals surface area contributed by atoms with Crippen LogP contribution in [-0.2, 0) is 4.79 Å². The van der Waals surface area contributed by atoms with Crippen LogP contribution in [0.25, 0.3) is 0 Å². The van der Waals surface area contributed by atoms with E-state index in [9.17, 15) is 4.79 Å². The van der Waals surface area contributed by atoms with Crippen LogP contribution in [0.15, 0.2) is 30.3 Å². The Kier molecular flexibility index (Phi) is 6.17. The van der Waals surface area contributed by atoms with Crippen LogP contribution in [0, 0.1) is 0 Å². The van der Waals surface area contributed by atoms with E-state index in [1.165, 1.54) is 0 Å². The maximum atomic E-state index is 12.0. The molecule has 116 valence electrons. The second kappa shape index (κ2) is 8.12. The predicted molar refractivity (Wildman–Crippen MR) is 84.9 cm³/mol. The van der Waals surface area contributed by atoms with Gasteiger partial charge in [-0.1, -0.05) is 30.3 Å². The van der Waals surface area contributed by atoms with Gasteiger partial charge in [0.15, 0.2) is 0 Å². The number of nitrogens with zero attached hydrogens (tertiary/aromatic N) is 2. The maximum Gasteiger partial charge on any atom is 0.241 e. The fraction of sp³-hybridized carbons (Fsp3) is 0.562. The highest BCUT2D eigenvalue weighted by Crippen LogP contribution is 2.09. The number of carbonyl (C=O) groups excluding carboxylic acids is 1. The lowest BCUT2D eigenvalue weighted by atomic mass is 10.1. The molecule has 1 aromatic carbocycles. The van der Waals surface area contributed by atoms with Gasteiger partial charge in [-0.15, -0.1) is 0 Å². The third kappa shape index (κ3) is 5.12. The standard InChI is InChI=1S/C16H26N4O/c1-19-10-12-20(13-11-19)9-5-8-18-16(21)15(17)14-6-3-2-4-7-14/h2-4,6-7,15H,5,8-13,17H2,1H3,(H,18,21)/t15-/m1/s1. The smallest absolute Gasteiger partial charge is 0.241 e. The molecule has 1 atom stereocenters. The first-order valence-corrected chi connectivity index (χ1v) is 7.66. The Hall–Kier alpha value is -1.43. The van der Waals surface area contributed by atoms with Crippen molar-refractivity contribution < 1.29 is 4.79 Å². The molecule has 1 aliphatic heterocycles. The third-order valence-electron chi connectivity index (χ3n) is 3.99. The van der Waals surface area contributed by atoms with E-state index in [4.69, 9.17) is 5.73 Å². The molecule has 0 unspecified atom stereocenters. The lowest BCUT2D eigenvalue weighted by Gasteiger charge is -2.32. The van der Waals surface area contributed by atoms with Crippen LogP contribution in [0.5, 0.6) is 0 Å². The van der Waals surface area contributed by atoms with Gasteiger partial charge in [0.25, 0.3) is 0 Å². The number of hydrogen-bond donors (Lipinski definition) is 2.